The van der Waals surface area contributed by atoms with Crippen molar-refractivity contribution in [3.8, 4) is 0 Å². The van der Waals surface area contributed by atoms with E-state index in [9.17, 15) is 0 Å². The van der Waals surface area contributed by atoms with E-state index in [1.807, 2.05) is 0 Å². The third-order valence-electron chi connectivity index (χ3n) is 0.634. The molecular formula is C2H4ClSi2. The number of hydrogen-bond acceptors (Lipinski definition) is 0. The summed E-state index contributed by atoms with van der Waals surface area (Å²) in [6.45, 7) is 0. The first-order valence-corrected chi connectivity index (χ1v) is 5.94. The molecule has 0 bridgehead atoms. The number of rotatable bonds is 0. The molecule has 0 nitrogen and oxygen atoms in total. The molecule has 1 heterocycles. The van der Waals surface area contributed by atoms with Gasteiger partial charge in [0.05, 0.1) is 0 Å². The first kappa shape index (κ1) is 3.90. The molecule has 1 fully saturated rings. The molecule has 5 heavy (non-hydrogen) atoms. The van der Waals surface area contributed by atoms with E-state index in [0.717, 1.165) is 0 Å². The zero-order valence-corrected chi connectivity index (χ0v) is 5.55. The Morgan fingerprint density at radius 2 is 2.00 bits per heavy atom. The Morgan fingerprint density at radius 1 is 1.60 bits per heavy atom. The van der Waals surface area contributed by atoms with Gasteiger partial charge in [-0.3, -0.25) is 0 Å². The summed E-state index contributed by atoms with van der Waals surface area (Å²) in [4.78, 5) is 0. The van der Waals surface area contributed by atoms with Gasteiger partial charge in [-0.05, 0) is 0 Å². The van der Waals surface area contributed by atoms with Crippen molar-refractivity contribution in [2.24, 2.45) is 0 Å². The zero-order chi connectivity index (χ0) is 3.70. The Bertz CT molecular complexity index is 34.6. The van der Waals surface area contributed by atoms with Gasteiger partial charge in [-0.2, -0.15) is 11.1 Å². The van der Waals surface area contributed by atoms with E-state index >= 15 is 0 Å². The molecule has 1 aliphatic rings. The van der Waals surface area contributed by atoms with Crippen molar-refractivity contribution < 1.29 is 0 Å². The van der Waals surface area contributed by atoms with Gasteiger partial charge in [-0.1, -0.05) is 11.3 Å². The average molecular weight is 120 g/mol. The van der Waals surface area contributed by atoms with Crippen LogP contribution in [0, 0.1) is 0 Å². The predicted molar refractivity (Wildman–Crippen MR) is 27.0 cm³/mol. The lowest BCUT2D eigenvalue weighted by Gasteiger charge is -2.12. The van der Waals surface area contributed by atoms with Gasteiger partial charge in [0, 0.05) is 9.52 Å². The van der Waals surface area contributed by atoms with Crippen molar-refractivity contribution >= 4 is 28.7 Å². The minimum Gasteiger partial charge on any atom is -0.170 e. The quantitative estimate of drug-likeness (QED) is 0.328. The Kier molecular flexibility index (Phi) is 1.13. The van der Waals surface area contributed by atoms with Gasteiger partial charge in [-0.25, -0.2) is 0 Å². The maximum Gasteiger partial charge on any atom is 0.159 e. The van der Waals surface area contributed by atoms with Crippen LogP contribution in [0.15, 0.2) is 0 Å². The van der Waals surface area contributed by atoms with Gasteiger partial charge in [0.15, 0.2) is 8.11 Å². The van der Waals surface area contributed by atoms with E-state index in [2.05, 4.69) is 0 Å². The lowest BCUT2D eigenvalue weighted by Crippen LogP contribution is -2.22. The van der Waals surface area contributed by atoms with E-state index in [4.69, 9.17) is 11.1 Å². The summed E-state index contributed by atoms with van der Waals surface area (Å²) >= 11 is 5.66. The third kappa shape index (κ3) is 0.775. The molecule has 0 spiro atoms. The summed E-state index contributed by atoms with van der Waals surface area (Å²) in [5.74, 6) is 0. The third-order valence-corrected chi connectivity index (χ3v) is 8.11. The van der Waals surface area contributed by atoms with Crippen molar-refractivity contribution in [2.75, 3.05) is 0 Å². The Hall–Kier alpha value is 0.724. The lowest BCUT2D eigenvalue weighted by atomic mass is 11.8. The molecule has 1 aliphatic heterocycles. The van der Waals surface area contributed by atoms with Crippen LogP contribution in [0.4, 0.5) is 0 Å². The van der Waals surface area contributed by atoms with E-state index in [-0.39, 0.29) is 8.11 Å². The van der Waals surface area contributed by atoms with Crippen LogP contribution in [-0.2, 0) is 0 Å². The van der Waals surface area contributed by atoms with Crippen LogP contribution in [0.3, 0.4) is 0 Å². The van der Waals surface area contributed by atoms with Gasteiger partial charge in [0.1, 0.15) is 0 Å². The Labute approximate surface area is 40.7 Å². The van der Waals surface area contributed by atoms with Gasteiger partial charge in [0.2, 0.25) is 0 Å². The van der Waals surface area contributed by atoms with E-state index in [1.165, 1.54) is 20.9 Å². The van der Waals surface area contributed by atoms with Crippen LogP contribution in [0.1, 0.15) is 0 Å². The molecule has 27 valence electrons. The summed E-state index contributed by atoms with van der Waals surface area (Å²) in [6.07, 6.45) is 0. The maximum absolute atomic E-state index is 5.66. The average Bonchev–Trinajstić information content (AvgIpc) is 1.30. The van der Waals surface area contributed by atoms with Crippen molar-refractivity contribution in [1.29, 1.82) is 0 Å². The van der Waals surface area contributed by atoms with Crippen LogP contribution in [0.25, 0.3) is 0 Å². The van der Waals surface area contributed by atoms with Crippen molar-refractivity contribution in [3.63, 3.8) is 0 Å². The van der Waals surface area contributed by atoms with E-state index < -0.39 is 0 Å². The van der Waals surface area contributed by atoms with Crippen LogP contribution >= 0.6 is 11.1 Å². The molecule has 0 aliphatic carbocycles. The summed E-state index contributed by atoms with van der Waals surface area (Å²) in [6, 6.07) is 0. The fraction of sp³-hybridized carbons (Fsp3) is 1.00. The van der Waals surface area contributed by atoms with Gasteiger partial charge in [-0.15, -0.1) is 0 Å². The zero-order valence-electron chi connectivity index (χ0n) is 2.79. The van der Waals surface area contributed by atoms with Gasteiger partial charge < -0.3 is 0 Å². The Morgan fingerprint density at radius 3 is 2.00 bits per heavy atom. The van der Waals surface area contributed by atoms with E-state index in [0.29, 0.717) is 0 Å². The molecule has 0 atom stereocenters. The SMILES string of the molecule is Cl[Si]1C[Si]C1. The second-order valence-corrected chi connectivity index (χ2v) is 7.09. The maximum atomic E-state index is 5.66. The second-order valence-electron chi connectivity index (χ2n) is 1.12. The molecule has 0 aromatic rings. The molecule has 0 aromatic heterocycles. The molecule has 0 unspecified atom stereocenters. The molecule has 0 N–H and O–H groups in total. The smallest absolute Gasteiger partial charge is 0.159 e. The molecule has 0 aromatic carbocycles. The molecular weight excluding hydrogens is 116 g/mol. The van der Waals surface area contributed by atoms with Crippen LogP contribution in [0.2, 0.25) is 11.3 Å². The van der Waals surface area contributed by atoms with Crippen molar-refractivity contribution in [1.82, 2.24) is 0 Å². The van der Waals surface area contributed by atoms with Crippen LogP contribution in [-0.4, -0.2) is 17.6 Å². The minimum atomic E-state index is -0.209. The predicted octanol–water partition coefficient (Wildman–Crippen LogP) is 0.849. The normalized spacial score (nSPS) is 25.8. The second kappa shape index (κ2) is 1.45. The molecule has 1 saturated heterocycles. The van der Waals surface area contributed by atoms with Crippen molar-refractivity contribution in [2.45, 2.75) is 11.3 Å². The summed E-state index contributed by atoms with van der Waals surface area (Å²) < 4.78 is 0. The lowest BCUT2D eigenvalue weighted by molar-refractivity contribution is 1.68. The first-order valence-electron chi connectivity index (χ1n) is 1.60. The molecule has 3 radical (unpaired) electrons. The van der Waals surface area contributed by atoms with Gasteiger partial charge >= 0.3 is 0 Å². The highest BCUT2D eigenvalue weighted by Crippen LogP contribution is 2.12. The molecule has 1 rings (SSSR count). The summed E-state index contributed by atoms with van der Waals surface area (Å²) in [7, 11) is 1.01. The fourth-order valence-electron chi connectivity index (χ4n) is 0.219. The van der Waals surface area contributed by atoms with Crippen LogP contribution in [0.5, 0.6) is 0 Å². The highest BCUT2D eigenvalue weighted by atomic mass is 35.6. The number of halogens is 1. The minimum absolute atomic E-state index is 0.209. The fourth-order valence-corrected chi connectivity index (χ4v) is 3.68. The van der Waals surface area contributed by atoms with E-state index in [1.54, 1.807) is 0 Å². The highest BCUT2D eigenvalue weighted by Gasteiger charge is 2.16. The Balaban J connectivity index is 2.08. The molecule has 0 amide bonds. The van der Waals surface area contributed by atoms with Gasteiger partial charge in [0.25, 0.3) is 0 Å². The highest BCUT2D eigenvalue weighted by molar-refractivity contribution is 7.17. The largest absolute Gasteiger partial charge is 0.170 e. The monoisotopic (exact) mass is 119 g/mol. The molecule has 3 heteroatoms. The summed E-state index contributed by atoms with van der Waals surface area (Å²) in [5.41, 5.74) is 2.76. The standard InChI is InChI=1S/C2H4ClSi2/c3-5-1-4-2-5/h1-2H2. The molecule has 0 saturated carbocycles. The summed E-state index contributed by atoms with van der Waals surface area (Å²) in [5, 5.41) is 0. The van der Waals surface area contributed by atoms with Crippen LogP contribution < -0.4 is 0 Å². The topological polar surface area (TPSA) is 0 Å². The number of hydrogen-bond donors (Lipinski definition) is 0. The van der Waals surface area contributed by atoms with Crippen molar-refractivity contribution in [3.05, 3.63) is 0 Å². The first-order chi connectivity index (χ1) is 2.39.